The molecule has 20 heavy (non-hydrogen) atoms. The highest BCUT2D eigenvalue weighted by atomic mass is 16.6. The van der Waals surface area contributed by atoms with Crippen LogP contribution in [0.2, 0.25) is 0 Å². The van der Waals surface area contributed by atoms with Gasteiger partial charge in [0.2, 0.25) is 5.91 Å². The van der Waals surface area contributed by atoms with E-state index < -0.39 is 0 Å². The average molecular weight is 274 g/mol. The lowest BCUT2D eigenvalue weighted by Gasteiger charge is -2.19. The molecule has 1 aromatic carbocycles. The maximum atomic E-state index is 11.8. The summed E-state index contributed by atoms with van der Waals surface area (Å²) < 4.78 is 12.5. The fourth-order valence-corrected chi connectivity index (χ4v) is 1.91. The van der Waals surface area contributed by atoms with Crippen LogP contribution in [0.25, 0.3) is 0 Å². The van der Waals surface area contributed by atoms with Gasteiger partial charge in [0.25, 0.3) is 0 Å². The quantitative estimate of drug-likeness (QED) is 0.902. The number of benzene rings is 1. The lowest BCUT2D eigenvalue weighted by atomic mass is 10.2. The summed E-state index contributed by atoms with van der Waals surface area (Å²) in [7, 11) is 0. The molecule has 2 aromatic rings. The summed E-state index contributed by atoms with van der Waals surface area (Å²) in [4.78, 5) is 15.7. The van der Waals surface area contributed by atoms with Gasteiger partial charge in [-0.3, -0.25) is 9.48 Å². The van der Waals surface area contributed by atoms with Gasteiger partial charge in [-0.15, -0.1) is 0 Å². The van der Waals surface area contributed by atoms with Gasteiger partial charge >= 0.3 is 0 Å². The summed E-state index contributed by atoms with van der Waals surface area (Å²) in [5.74, 6) is 1.28. The Labute approximate surface area is 115 Å². The maximum absolute atomic E-state index is 11.8. The van der Waals surface area contributed by atoms with Gasteiger partial charge in [-0.2, -0.15) is 5.10 Å². The molecule has 0 spiro atoms. The van der Waals surface area contributed by atoms with Crippen molar-refractivity contribution in [3.8, 4) is 11.5 Å². The number of carbonyl (C=O) groups excluding carboxylic acids is 1. The minimum Gasteiger partial charge on any atom is -0.486 e. The number of nitrogens with one attached hydrogen (secondary N) is 1. The van der Waals surface area contributed by atoms with Crippen LogP contribution in [0.5, 0.6) is 11.5 Å². The molecule has 0 atom stereocenters. The van der Waals surface area contributed by atoms with Crippen molar-refractivity contribution in [2.45, 2.75) is 13.0 Å². The fourth-order valence-electron chi connectivity index (χ4n) is 1.91. The predicted molar refractivity (Wildman–Crippen MR) is 70.7 cm³/mol. The van der Waals surface area contributed by atoms with Crippen LogP contribution >= 0.6 is 0 Å². The molecule has 3 rings (SSSR count). The van der Waals surface area contributed by atoms with Crippen LogP contribution in [0.1, 0.15) is 6.42 Å². The summed E-state index contributed by atoms with van der Waals surface area (Å²) in [5, 5.41) is 6.76. The molecule has 0 saturated carbocycles. The second-order valence-corrected chi connectivity index (χ2v) is 4.32. The Bertz CT molecular complexity index is 598. The predicted octanol–water partition coefficient (Wildman–Crippen LogP) is 1.08. The molecule has 1 aliphatic heterocycles. The first-order valence-electron chi connectivity index (χ1n) is 6.33. The fraction of sp³-hybridized carbons (Fsp3) is 0.308. The smallest absolute Gasteiger partial charge is 0.226 e. The van der Waals surface area contributed by atoms with Gasteiger partial charge in [-0.25, -0.2) is 4.98 Å². The SMILES string of the molecule is O=C(CCn1cncn1)Nc1ccc2c(c1)OCCO2. The first-order chi connectivity index (χ1) is 9.81. The van der Waals surface area contributed by atoms with E-state index in [1.165, 1.54) is 6.33 Å². The summed E-state index contributed by atoms with van der Waals surface area (Å²) >= 11 is 0. The van der Waals surface area contributed by atoms with E-state index in [2.05, 4.69) is 15.4 Å². The van der Waals surface area contributed by atoms with Gasteiger partial charge in [0.15, 0.2) is 11.5 Å². The molecule has 2 heterocycles. The number of anilines is 1. The molecule has 1 aliphatic rings. The van der Waals surface area contributed by atoms with Crippen LogP contribution in [-0.4, -0.2) is 33.9 Å². The molecule has 1 amide bonds. The minimum atomic E-state index is -0.0859. The molecule has 1 aromatic heterocycles. The van der Waals surface area contributed by atoms with Gasteiger partial charge < -0.3 is 14.8 Å². The molecule has 1 N–H and O–H groups in total. The summed E-state index contributed by atoms with van der Waals surface area (Å²) in [6.07, 6.45) is 3.36. The molecule has 104 valence electrons. The molecule has 0 fully saturated rings. The monoisotopic (exact) mass is 274 g/mol. The molecule has 7 nitrogen and oxygen atoms in total. The second-order valence-electron chi connectivity index (χ2n) is 4.32. The first-order valence-corrected chi connectivity index (χ1v) is 6.33. The number of nitrogens with zero attached hydrogens (tertiary/aromatic N) is 3. The average Bonchev–Trinajstić information content (AvgIpc) is 2.98. The molecular formula is C13H14N4O3. The van der Waals surface area contributed by atoms with Crippen molar-refractivity contribution < 1.29 is 14.3 Å². The number of rotatable bonds is 4. The number of ether oxygens (including phenoxy) is 2. The maximum Gasteiger partial charge on any atom is 0.226 e. The lowest BCUT2D eigenvalue weighted by molar-refractivity contribution is -0.116. The Balaban J connectivity index is 1.58. The standard InChI is InChI=1S/C13H14N4O3/c18-13(3-4-17-9-14-8-15-17)16-10-1-2-11-12(7-10)20-6-5-19-11/h1-2,7-9H,3-6H2,(H,16,18). The van der Waals surface area contributed by atoms with Gasteiger partial charge in [0.1, 0.15) is 25.9 Å². The van der Waals surface area contributed by atoms with E-state index >= 15 is 0 Å². The second kappa shape index (κ2) is 5.60. The first kappa shape index (κ1) is 12.5. The molecule has 0 unspecified atom stereocenters. The van der Waals surface area contributed by atoms with Gasteiger partial charge in [-0.05, 0) is 12.1 Å². The van der Waals surface area contributed by atoms with Crippen molar-refractivity contribution in [2.75, 3.05) is 18.5 Å². The van der Waals surface area contributed by atoms with E-state index in [1.807, 2.05) is 0 Å². The molecule has 0 bridgehead atoms. The van der Waals surface area contributed by atoms with Crippen LogP contribution < -0.4 is 14.8 Å². The van der Waals surface area contributed by atoms with E-state index in [4.69, 9.17) is 9.47 Å². The van der Waals surface area contributed by atoms with Gasteiger partial charge in [0, 0.05) is 18.2 Å². The van der Waals surface area contributed by atoms with E-state index in [1.54, 1.807) is 29.2 Å². The minimum absolute atomic E-state index is 0.0859. The molecular weight excluding hydrogens is 260 g/mol. The third kappa shape index (κ3) is 2.87. The zero-order valence-corrected chi connectivity index (χ0v) is 10.8. The number of amides is 1. The van der Waals surface area contributed by atoms with Crippen molar-refractivity contribution in [1.82, 2.24) is 14.8 Å². The van der Waals surface area contributed by atoms with Crippen molar-refractivity contribution in [2.24, 2.45) is 0 Å². The van der Waals surface area contributed by atoms with Crippen LogP contribution in [0.15, 0.2) is 30.9 Å². The van der Waals surface area contributed by atoms with Crippen molar-refractivity contribution in [1.29, 1.82) is 0 Å². The van der Waals surface area contributed by atoms with Crippen LogP contribution in [0.4, 0.5) is 5.69 Å². The topological polar surface area (TPSA) is 78.3 Å². The largest absolute Gasteiger partial charge is 0.486 e. The molecule has 0 saturated heterocycles. The van der Waals surface area contributed by atoms with E-state index in [0.29, 0.717) is 43.4 Å². The van der Waals surface area contributed by atoms with Crippen molar-refractivity contribution in [3.05, 3.63) is 30.9 Å². The van der Waals surface area contributed by atoms with Gasteiger partial charge in [-0.1, -0.05) is 0 Å². The number of aromatic nitrogens is 3. The number of hydrogen-bond donors (Lipinski definition) is 1. The van der Waals surface area contributed by atoms with Crippen LogP contribution in [-0.2, 0) is 11.3 Å². The van der Waals surface area contributed by atoms with E-state index in [-0.39, 0.29) is 5.91 Å². The Kier molecular flexibility index (Phi) is 3.49. The van der Waals surface area contributed by atoms with Crippen LogP contribution in [0.3, 0.4) is 0 Å². The lowest BCUT2D eigenvalue weighted by Crippen LogP contribution is -2.17. The molecule has 7 heteroatoms. The van der Waals surface area contributed by atoms with E-state index in [9.17, 15) is 4.79 Å². The number of fused-ring (bicyclic) bond motifs is 1. The Morgan fingerprint density at radius 3 is 2.95 bits per heavy atom. The zero-order chi connectivity index (χ0) is 13.8. The number of carbonyl (C=O) groups is 1. The highest BCUT2D eigenvalue weighted by Gasteiger charge is 2.12. The van der Waals surface area contributed by atoms with E-state index in [0.717, 1.165) is 0 Å². The van der Waals surface area contributed by atoms with Crippen LogP contribution in [0, 0.1) is 0 Å². The third-order valence-electron chi connectivity index (χ3n) is 2.86. The highest BCUT2D eigenvalue weighted by molar-refractivity contribution is 5.91. The number of hydrogen-bond acceptors (Lipinski definition) is 5. The molecule has 0 radical (unpaired) electrons. The Hall–Kier alpha value is -2.57. The third-order valence-corrected chi connectivity index (χ3v) is 2.86. The summed E-state index contributed by atoms with van der Waals surface area (Å²) in [6, 6.07) is 5.35. The van der Waals surface area contributed by atoms with Crippen molar-refractivity contribution in [3.63, 3.8) is 0 Å². The zero-order valence-electron chi connectivity index (χ0n) is 10.8. The molecule has 0 aliphatic carbocycles. The normalized spacial score (nSPS) is 13.0. The number of aryl methyl sites for hydroxylation is 1. The van der Waals surface area contributed by atoms with Crippen molar-refractivity contribution >= 4 is 11.6 Å². The Morgan fingerprint density at radius 1 is 1.30 bits per heavy atom. The highest BCUT2D eigenvalue weighted by Crippen LogP contribution is 2.32. The Morgan fingerprint density at radius 2 is 2.15 bits per heavy atom. The summed E-state index contributed by atoms with van der Waals surface area (Å²) in [5.41, 5.74) is 0.692. The summed E-state index contributed by atoms with van der Waals surface area (Å²) in [6.45, 7) is 1.57. The van der Waals surface area contributed by atoms with Gasteiger partial charge in [0.05, 0.1) is 6.54 Å².